The van der Waals surface area contributed by atoms with E-state index in [9.17, 15) is 60.8 Å². The number of aliphatic hydroxyl groups is 3. The highest BCUT2D eigenvalue weighted by molar-refractivity contribution is 6.02. The number of amides is 4. The smallest absolute Gasteiger partial charge is 0.435 e. The van der Waals surface area contributed by atoms with Crippen molar-refractivity contribution in [3.63, 3.8) is 0 Å². The van der Waals surface area contributed by atoms with Crippen molar-refractivity contribution in [1.29, 1.82) is 0 Å². The lowest BCUT2D eigenvalue weighted by Crippen LogP contribution is -2.64. The molecule has 16 nitrogen and oxygen atoms in total. The molecule has 2 aromatic heterocycles. The van der Waals surface area contributed by atoms with Crippen LogP contribution in [0.1, 0.15) is 67.8 Å². The molecule has 0 radical (unpaired) electrons. The van der Waals surface area contributed by atoms with Crippen LogP contribution in [0.2, 0.25) is 0 Å². The zero-order chi connectivity index (χ0) is 49.3. The Morgan fingerprint density at radius 3 is 1.61 bits per heavy atom. The third kappa shape index (κ3) is 7.74. The number of rotatable bonds is 9. The summed E-state index contributed by atoms with van der Waals surface area (Å²) in [6.07, 6.45) is -10.7. The number of benzene rings is 5. The lowest BCUT2D eigenvalue weighted by Gasteiger charge is -2.39. The second kappa shape index (κ2) is 16.7. The van der Waals surface area contributed by atoms with E-state index >= 15 is 0 Å². The van der Waals surface area contributed by atoms with Crippen LogP contribution >= 0.6 is 0 Å². The van der Waals surface area contributed by atoms with Gasteiger partial charge in [0.1, 0.15) is 0 Å². The van der Waals surface area contributed by atoms with Crippen LogP contribution in [0.3, 0.4) is 0 Å². The molecule has 22 heteroatoms. The predicted molar refractivity (Wildman–Crippen MR) is 233 cm³/mol. The van der Waals surface area contributed by atoms with Crippen LogP contribution < -0.4 is 10.6 Å². The maximum atomic E-state index is 13.3. The molecule has 1 fully saturated rings. The van der Waals surface area contributed by atoms with Gasteiger partial charge in [0, 0.05) is 46.5 Å². The van der Waals surface area contributed by atoms with Crippen LogP contribution in [0.5, 0.6) is 0 Å². The Morgan fingerprint density at radius 1 is 0.667 bits per heavy atom. The molecule has 0 bridgehead atoms. The number of fused-ring (bicyclic) bond motifs is 4. The maximum Gasteiger partial charge on any atom is 0.435 e. The minimum atomic E-state index is -6.37. The van der Waals surface area contributed by atoms with Crippen molar-refractivity contribution in [3.05, 3.63) is 154 Å². The number of alkyl halides is 6. The minimum Gasteiger partial charge on any atom is -0.465 e. The van der Waals surface area contributed by atoms with Gasteiger partial charge >= 0.3 is 24.0 Å². The van der Waals surface area contributed by atoms with E-state index < -0.39 is 53.3 Å². The molecule has 5 aromatic carbocycles. The van der Waals surface area contributed by atoms with Gasteiger partial charge in [0.15, 0.2) is 11.4 Å². The van der Waals surface area contributed by atoms with Gasteiger partial charge in [0.25, 0.3) is 17.7 Å². The third-order valence-electron chi connectivity index (χ3n) is 12.6. The summed E-state index contributed by atoms with van der Waals surface area (Å²) in [5.74, 6) is -3.79. The van der Waals surface area contributed by atoms with Crippen molar-refractivity contribution >= 4 is 57.8 Å². The number of halogens is 6. The molecule has 4 amide bonds. The predicted octanol–water partition coefficient (Wildman–Crippen LogP) is 7.31. The van der Waals surface area contributed by atoms with Gasteiger partial charge in [-0.25, -0.2) is 14.8 Å². The van der Waals surface area contributed by atoms with Gasteiger partial charge in [-0.1, -0.05) is 85.3 Å². The topological polar surface area (TPSA) is 237 Å². The number of nitrogens with zero attached hydrogens (tertiary/aromatic N) is 4. The van der Waals surface area contributed by atoms with E-state index in [-0.39, 0.29) is 46.1 Å². The number of carbonyl (C=O) groups excluding carboxylic acids is 3. The van der Waals surface area contributed by atoms with Crippen molar-refractivity contribution in [2.45, 2.75) is 55.2 Å². The van der Waals surface area contributed by atoms with Crippen LogP contribution in [-0.2, 0) is 22.8 Å². The van der Waals surface area contributed by atoms with Crippen molar-refractivity contribution in [1.82, 2.24) is 29.7 Å². The lowest BCUT2D eigenvalue weighted by molar-refractivity contribution is -0.348. The fourth-order valence-corrected chi connectivity index (χ4v) is 8.83. The molecule has 10 rings (SSSR count). The Labute approximate surface area is 385 Å². The largest absolute Gasteiger partial charge is 0.465 e. The van der Waals surface area contributed by atoms with E-state index in [0.717, 1.165) is 19.3 Å². The molecule has 356 valence electrons. The normalized spacial score (nSPS) is 19.3. The van der Waals surface area contributed by atoms with Gasteiger partial charge in [-0.3, -0.25) is 29.9 Å². The third-order valence-corrected chi connectivity index (χ3v) is 12.6. The molecule has 2 atom stereocenters. The van der Waals surface area contributed by atoms with E-state index in [1.54, 1.807) is 89.8 Å². The van der Waals surface area contributed by atoms with Gasteiger partial charge in [-0.05, 0) is 60.7 Å². The molecular formula is C47H38F6N8O8. The Balaban J connectivity index is 0.000000180. The first-order valence-corrected chi connectivity index (χ1v) is 21.1. The average molecular weight is 957 g/mol. The standard InChI is InChI=1S/C26H18F6N4O4.C21H20N4O4/c27-25(28,29)24(40,26(30,31)32)21(38)35-22-33-18-11-10-15(12-19(18)34-22)23(39)17-9-5-4-8-16(17)20(37)36(23)13-14-6-2-1-3-7-14;26-18-14-6-1-2-7-15(14)21(29,25(18)11-12-4-3-5-12)13-8-9-16-17(10-13)23-19(22-16)24-20(27)28/h1-12,39-40H,13H2,(H2,33,34,35,38);1-2,6-10,12,29H,3-5,11H2,(H,27,28)(H2,22,23,24). The summed E-state index contributed by atoms with van der Waals surface area (Å²) in [4.78, 5) is 65.4. The van der Waals surface area contributed by atoms with Gasteiger partial charge in [-0.2, -0.15) is 26.3 Å². The van der Waals surface area contributed by atoms with Gasteiger partial charge in [-0.15, -0.1) is 0 Å². The zero-order valence-corrected chi connectivity index (χ0v) is 35.6. The summed E-state index contributed by atoms with van der Waals surface area (Å²) >= 11 is 0. The molecule has 8 N–H and O–H groups in total. The molecule has 0 spiro atoms. The van der Waals surface area contributed by atoms with E-state index in [1.165, 1.54) is 34.5 Å². The number of carbonyl (C=O) groups is 4. The van der Waals surface area contributed by atoms with Gasteiger partial charge in [0.2, 0.25) is 11.9 Å². The first kappa shape index (κ1) is 46.3. The summed E-state index contributed by atoms with van der Waals surface area (Å²) in [7, 11) is 0. The van der Waals surface area contributed by atoms with Crippen LogP contribution in [0.25, 0.3) is 22.1 Å². The molecule has 2 aliphatic heterocycles. The first-order chi connectivity index (χ1) is 32.6. The second-order valence-electron chi connectivity index (χ2n) is 16.8. The highest BCUT2D eigenvalue weighted by atomic mass is 19.4. The van der Waals surface area contributed by atoms with Crippen LogP contribution in [-0.4, -0.2) is 98.5 Å². The van der Waals surface area contributed by atoms with Crippen molar-refractivity contribution in [3.8, 4) is 0 Å². The van der Waals surface area contributed by atoms with Crippen molar-refractivity contribution < 1.29 is 65.9 Å². The highest BCUT2D eigenvalue weighted by Crippen LogP contribution is 2.47. The highest BCUT2D eigenvalue weighted by Gasteiger charge is 2.75. The number of aromatic amines is 2. The van der Waals surface area contributed by atoms with E-state index in [2.05, 4.69) is 25.3 Å². The summed E-state index contributed by atoms with van der Waals surface area (Å²) in [6.45, 7) is 0.493. The Hall–Kier alpha value is -7.82. The molecule has 2 unspecified atom stereocenters. The molecule has 1 saturated carbocycles. The SMILES string of the molecule is O=C(O)Nc1nc2cc(C3(O)c4ccccc4C(=O)N3CC3CCC3)ccc2[nH]1.O=C1c2ccccc2C(O)(c2ccc3[nH]c(NC(=O)C(O)(C(F)(F)F)C(F)(F)F)nc3c2)N1Cc1ccccc1. The molecule has 7 aromatic rings. The van der Waals surface area contributed by atoms with E-state index in [1.807, 2.05) is 6.07 Å². The molecular weight excluding hydrogens is 919 g/mol. The van der Waals surface area contributed by atoms with Crippen LogP contribution in [0.4, 0.5) is 43.0 Å². The Morgan fingerprint density at radius 2 is 1.13 bits per heavy atom. The number of anilines is 2. The summed E-state index contributed by atoms with van der Waals surface area (Å²) in [5.41, 5.74) is -5.29. The number of nitrogens with one attached hydrogen (secondary N) is 4. The quantitative estimate of drug-likeness (QED) is 0.0672. The van der Waals surface area contributed by atoms with Gasteiger partial charge < -0.3 is 35.3 Å². The monoisotopic (exact) mass is 956 g/mol. The molecule has 0 saturated heterocycles. The summed E-state index contributed by atoms with van der Waals surface area (Å²) < 4.78 is 78.3. The Kier molecular flexibility index (Phi) is 11.2. The van der Waals surface area contributed by atoms with Crippen LogP contribution in [0.15, 0.2) is 115 Å². The average Bonchev–Trinajstić information content (AvgIpc) is 4.01. The number of hydrogen-bond donors (Lipinski definition) is 8. The molecule has 69 heavy (non-hydrogen) atoms. The van der Waals surface area contributed by atoms with Crippen molar-refractivity contribution in [2.75, 3.05) is 17.2 Å². The molecule has 4 heterocycles. The number of carboxylic acid groups (broad SMARTS) is 1. The number of H-pyrrole nitrogens is 2. The molecule has 1 aliphatic carbocycles. The van der Waals surface area contributed by atoms with Crippen LogP contribution in [0, 0.1) is 5.92 Å². The first-order valence-electron chi connectivity index (χ1n) is 21.1. The van der Waals surface area contributed by atoms with Crippen molar-refractivity contribution in [2.24, 2.45) is 5.92 Å². The summed E-state index contributed by atoms with van der Waals surface area (Å²) in [6, 6.07) is 31.4. The summed E-state index contributed by atoms with van der Waals surface area (Å²) in [5, 5.41) is 45.6. The fourth-order valence-electron chi connectivity index (χ4n) is 8.83. The van der Waals surface area contributed by atoms with E-state index in [0.29, 0.717) is 45.7 Å². The second-order valence-corrected chi connectivity index (χ2v) is 16.8. The van der Waals surface area contributed by atoms with Gasteiger partial charge in [0.05, 0.1) is 22.1 Å². The maximum absolute atomic E-state index is 13.3. The molecule has 3 aliphatic rings. The van der Waals surface area contributed by atoms with E-state index in [4.69, 9.17) is 5.11 Å². The lowest BCUT2D eigenvalue weighted by atomic mass is 9.84. The Bertz CT molecular complexity index is 3160. The number of imidazole rings is 2. The fraction of sp³-hybridized carbons (Fsp3) is 0.234. The zero-order valence-electron chi connectivity index (χ0n) is 35.6. The number of aromatic nitrogens is 4. The number of hydrogen-bond acceptors (Lipinski definition) is 9. The minimum absolute atomic E-state index is 0.00176.